The van der Waals surface area contributed by atoms with E-state index in [1.54, 1.807) is 0 Å². The second kappa shape index (κ2) is 3.84. The summed E-state index contributed by atoms with van der Waals surface area (Å²) in [5.74, 6) is 0. The van der Waals surface area contributed by atoms with Gasteiger partial charge in [-0.05, 0) is 24.0 Å². The number of hydrogen-bond donors (Lipinski definition) is 2. The third-order valence-electron chi connectivity index (χ3n) is 3.82. The van der Waals surface area contributed by atoms with E-state index in [2.05, 4.69) is 17.0 Å². The molecule has 0 aromatic heterocycles. The lowest BCUT2D eigenvalue weighted by Gasteiger charge is -2.45. The first kappa shape index (κ1) is 10.3. The Morgan fingerprint density at radius 2 is 2.00 bits per heavy atom. The van der Waals surface area contributed by atoms with Crippen molar-refractivity contribution in [3.63, 3.8) is 0 Å². The molecule has 2 heterocycles. The molecular formula is C13H17NO2. The van der Waals surface area contributed by atoms with Crippen LogP contribution in [0.4, 0.5) is 0 Å². The summed E-state index contributed by atoms with van der Waals surface area (Å²) in [5, 5.41) is 19.8. The lowest BCUT2D eigenvalue weighted by atomic mass is 9.85. The normalized spacial score (nSPS) is 34.2. The van der Waals surface area contributed by atoms with Gasteiger partial charge in [0.05, 0.1) is 6.10 Å². The van der Waals surface area contributed by atoms with Crippen molar-refractivity contribution in [1.82, 2.24) is 4.90 Å². The highest BCUT2D eigenvalue weighted by molar-refractivity contribution is 5.33. The summed E-state index contributed by atoms with van der Waals surface area (Å²) in [5.41, 5.74) is 2.51. The van der Waals surface area contributed by atoms with E-state index in [0.717, 1.165) is 19.4 Å². The number of benzene rings is 1. The van der Waals surface area contributed by atoms with Gasteiger partial charge in [-0.1, -0.05) is 24.3 Å². The van der Waals surface area contributed by atoms with Gasteiger partial charge in [0.25, 0.3) is 0 Å². The van der Waals surface area contributed by atoms with Gasteiger partial charge in [-0.25, -0.2) is 0 Å². The molecule has 0 bridgehead atoms. The monoisotopic (exact) mass is 219 g/mol. The SMILES string of the molecule is OC1CCN2C(O)Cc3ccccc3C2C1. The minimum absolute atomic E-state index is 0.198. The van der Waals surface area contributed by atoms with Gasteiger partial charge in [-0.3, -0.25) is 4.90 Å². The summed E-state index contributed by atoms with van der Waals surface area (Å²) < 4.78 is 0. The van der Waals surface area contributed by atoms with Gasteiger partial charge in [0.1, 0.15) is 6.23 Å². The molecule has 3 unspecified atom stereocenters. The van der Waals surface area contributed by atoms with Crippen molar-refractivity contribution in [1.29, 1.82) is 0 Å². The van der Waals surface area contributed by atoms with Gasteiger partial charge >= 0.3 is 0 Å². The number of piperidine rings is 1. The number of aliphatic hydroxyl groups is 2. The fourth-order valence-electron chi connectivity index (χ4n) is 2.99. The molecule has 0 radical (unpaired) electrons. The van der Waals surface area contributed by atoms with E-state index in [1.165, 1.54) is 11.1 Å². The maximum absolute atomic E-state index is 10.1. The summed E-state index contributed by atoms with van der Waals surface area (Å²) in [7, 11) is 0. The molecule has 2 aliphatic rings. The zero-order valence-corrected chi connectivity index (χ0v) is 9.21. The summed E-state index contributed by atoms with van der Waals surface area (Å²) in [6.07, 6.45) is 1.62. The minimum Gasteiger partial charge on any atom is -0.393 e. The van der Waals surface area contributed by atoms with Gasteiger partial charge in [-0.2, -0.15) is 0 Å². The van der Waals surface area contributed by atoms with Crippen LogP contribution in [0.5, 0.6) is 0 Å². The van der Waals surface area contributed by atoms with Crippen LogP contribution < -0.4 is 0 Å². The summed E-state index contributed by atoms with van der Waals surface area (Å²) in [6, 6.07) is 8.45. The van der Waals surface area contributed by atoms with Crippen molar-refractivity contribution in [2.24, 2.45) is 0 Å². The highest BCUT2D eigenvalue weighted by Gasteiger charge is 2.37. The predicted molar refractivity (Wildman–Crippen MR) is 60.8 cm³/mol. The molecule has 2 aliphatic heterocycles. The number of aliphatic hydroxyl groups excluding tert-OH is 2. The average Bonchev–Trinajstić information content (AvgIpc) is 2.29. The summed E-state index contributed by atoms with van der Waals surface area (Å²) >= 11 is 0. The molecule has 16 heavy (non-hydrogen) atoms. The number of rotatable bonds is 0. The molecule has 0 saturated carbocycles. The van der Waals surface area contributed by atoms with E-state index >= 15 is 0 Å². The average molecular weight is 219 g/mol. The van der Waals surface area contributed by atoms with Crippen LogP contribution in [0, 0.1) is 0 Å². The fraction of sp³-hybridized carbons (Fsp3) is 0.538. The fourth-order valence-corrected chi connectivity index (χ4v) is 2.99. The molecule has 0 aliphatic carbocycles. The van der Waals surface area contributed by atoms with E-state index < -0.39 is 0 Å². The lowest BCUT2D eigenvalue weighted by molar-refractivity contribution is -0.0752. The van der Waals surface area contributed by atoms with E-state index in [-0.39, 0.29) is 18.4 Å². The predicted octanol–water partition coefficient (Wildman–Crippen LogP) is 1.06. The third kappa shape index (κ3) is 1.56. The maximum Gasteiger partial charge on any atom is 0.111 e. The maximum atomic E-state index is 10.1. The van der Waals surface area contributed by atoms with Crippen LogP contribution in [0.1, 0.15) is 30.0 Å². The van der Waals surface area contributed by atoms with Crippen molar-refractivity contribution in [3.05, 3.63) is 35.4 Å². The summed E-state index contributed by atoms with van der Waals surface area (Å²) in [4.78, 5) is 2.12. The Labute approximate surface area is 95.3 Å². The van der Waals surface area contributed by atoms with Gasteiger partial charge in [-0.15, -0.1) is 0 Å². The van der Waals surface area contributed by atoms with Crippen molar-refractivity contribution in [3.8, 4) is 0 Å². The first-order chi connectivity index (χ1) is 7.75. The number of nitrogens with zero attached hydrogens (tertiary/aromatic N) is 1. The van der Waals surface area contributed by atoms with Crippen molar-refractivity contribution in [2.45, 2.75) is 37.6 Å². The molecule has 3 nitrogen and oxygen atoms in total. The molecule has 3 atom stereocenters. The Morgan fingerprint density at radius 1 is 1.19 bits per heavy atom. The summed E-state index contributed by atoms with van der Waals surface area (Å²) in [6.45, 7) is 0.793. The molecule has 1 fully saturated rings. The zero-order valence-electron chi connectivity index (χ0n) is 9.21. The van der Waals surface area contributed by atoms with Crippen LogP contribution in [-0.4, -0.2) is 34.0 Å². The smallest absolute Gasteiger partial charge is 0.111 e. The third-order valence-corrected chi connectivity index (χ3v) is 3.82. The largest absolute Gasteiger partial charge is 0.393 e. The Balaban J connectivity index is 2.00. The second-order valence-corrected chi connectivity index (χ2v) is 4.82. The van der Waals surface area contributed by atoms with Crippen LogP contribution in [0.3, 0.4) is 0 Å². The quantitative estimate of drug-likeness (QED) is 0.685. The van der Waals surface area contributed by atoms with Crippen LogP contribution in [0.15, 0.2) is 24.3 Å². The van der Waals surface area contributed by atoms with E-state index in [9.17, 15) is 10.2 Å². The molecule has 2 N–H and O–H groups in total. The second-order valence-electron chi connectivity index (χ2n) is 4.82. The van der Waals surface area contributed by atoms with Crippen molar-refractivity contribution < 1.29 is 10.2 Å². The molecule has 86 valence electrons. The van der Waals surface area contributed by atoms with Crippen LogP contribution in [-0.2, 0) is 6.42 Å². The Bertz CT molecular complexity index is 393. The van der Waals surface area contributed by atoms with Gasteiger partial charge in [0, 0.05) is 19.0 Å². The molecular weight excluding hydrogens is 202 g/mol. The zero-order chi connectivity index (χ0) is 11.1. The Morgan fingerprint density at radius 3 is 2.88 bits per heavy atom. The van der Waals surface area contributed by atoms with Crippen LogP contribution in [0.2, 0.25) is 0 Å². The van der Waals surface area contributed by atoms with Gasteiger partial charge < -0.3 is 10.2 Å². The topological polar surface area (TPSA) is 43.7 Å². The van der Waals surface area contributed by atoms with Crippen LogP contribution in [0.25, 0.3) is 0 Å². The Kier molecular flexibility index (Phi) is 2.46. The highest BCUT2D eigenvalue weighted by atomic mass is 16.3. The van der Waals surface area contributed by atoms with E-state index in [0.29, 0.717) is 6.42 Å². The lowest BCUT2D eigenvalue weighted by Crippen LogP contribution is -2.48. The number of hydrogen-bond acceptors (Lipinski definition) is 3. The minimum atomic E-state index is -0.382. The first-order valence-corrected chi connectivity index (χ1v) is 5.95. The molecule has 0 amide bonds. The van der Waals surface area contributed by atoms with Crippen molar-refractivity contribution in [2.75, 3.05) is 6.54 Å². The van der Waals surface area contributed by atoms with Gasteiger partial charge in [0.2, 0.25) is 0 Å². The molecule has 3 heteroatoms. The van der Waals surface area contributed by atoms with Gasteiger partial charge in [0.15, 0.2) is 0 Å². The number of fused-ring (bicyclic) bond motifs is 3. The molecule has 1 aromatic rings. The standard InChI is InChI=1S/C13H17NO2/c15-10-5-6-14-12(8-10)11-4-2-1-3-9(11)7-13(14)16/h1-4,10,12-13,15-16H,5-8H2. The molecule has 3 rings (SSSR count). The first-order valence-electron chi connectivity index (χ1n) is 5.95. The highest BCUT2D eigenvalue weighted by Crippen LogP contribution is 2.38. The van der Waals surface area contributed by atoms with E-state index in [1.807, 2.05) is 12.1 Å². The van der Waals surface area contributed by atoms with Crippen molar-refractivity contribution >= 4 is 0 Å². The molecule has 1 saturated heterocycles. The van der Waals surface area contributed by atoms with E-state index in [4.69, 9.17) is 0 Å². The molecule has 0 spiro atoms. The van der Waals surface area contributed by atoms with Crippen LogP contribution >= 0.6 is 0 Å². The molecule has 1 aromatic carbocycles. The Hall–Kier alpha value is -0.900.